The number of carbonyl (C=O) groups is 3. The number of hydrogen-bond acceptors (Lipinski definition) is 6. The van der Waals surface area contributed by atoms with E-state index in [0.717, 1.165) is 104 Å². The van der Waals surface area contributed by atoms with Crippen molar-refractivity contribution in [1.82, 2.24) is 0 Å². The van der Waals surface area contributed by atoms with Gasteiger partial charge < -0.3 is 14.5 Å². The molecule has 6 heteroatoms. The SMILES string of the molecule is COC(=O)c1ccc2c(c1)CCN2CC(C(=O)c1c(C)cc(Cc2cccc(/C(=C\N3CCc4ccccc43)C(=O)c3c(C)cc(C)cc3C)c2)cc1C)c1ccccc1. The Labute approximate surface area is 354 Å². The highest BCUT2D eigenvalue weighted by atomic mass is 16.5. The summed E-state index contributed by atoms with van der Waals surface area (Å²) in [5.41, 5.74) is 16.4. The van der Waals surface area contributed by atoms with Gasteiger partial charge in [-0.3, -0.25) is 9.59 Å². The van der Waals surface area contributed by atoms with Gasteiger partial charge in [-0.05, 0) is 134 Å². The molecule has 0 fully saturated rings. The summed E-state index contributed by atoms with van der Waals surface area (Å²) in [6.45, 7) is 12.3. The van der Waals surface area contributed by atoms with Gasteiger partial charge in [0.1, 0.15) is 0 Å². The molecule has 6 aromatic carbocycles. The van der Waals surface area contributed by atoms with Gasteiger partial charge in [-0.2, -0.15) is 0 Å². The van der Waals surface area contributed by atoms with Gasteiger partial charge in [0.05, 0.1) is 18.6 Å². The van der Waals surface area contributed by atoms with Gasteiger partial charge in [0.15, 0.2) is 11.6 Å². The molecule has 0 spiro atoms. The molecule has 0 amide bonds. The number of benzene rings is 6. The standard InChI is InChI=1S/C54H52N2O4/c1-34-25-35(2)50(36(3)26-34)53(58)47(33-55-23-21-42-16-10-11-18-48(42)55)43-17-12-13-39(30-43)29-40-27-37(4)51(38(5)28-40)52(57)46(41-14-8-7-9-15-41)32-56-24-22-44-31-45(54(59)60-6)19-20-49(44)56/h7-20,25-28,30-31,33,46H,21-24,29,32H2,1-6H3/b47-33+. The lowest BCUT2D eigenvalue weighted by atomic mass is 9.85. The Bertz CT molecular complexity index is 2630. The Morgan fingerprint density at radius 3 is 2.05 bits per heavy atom. The Kier molecular flexibility index (Phi) is 11.4. The first-order valence-corrected chi connectivity index (χ1v) is 20.9. The highest BCUT2D eigenvalue weighted by molar-refractivity contribution is 6.30. The molecule has 6 nitrogen and oxygen atoms in total. The highest BCUT2D eigenvalue weighted by Gasteiger charge is 2.31. The van der Waals surface area contributed by atoms with Crippen LogP contribution in [-0.2, 0) is 24.0 Å². The van der Waals surface area contributed by atoms with Crippen LogP contribution in [0.2, 0.25) is 0 Å². The molecule has 0 saturated heterocycles. The lowest BCUT2D eigenvalue weighted by Crippen LogP contribution is -2.31. The van der Waals surface area contributed by atoms with Crippen molar-refractivity contribution in [1.29, 1.82) is 0 Å². The third kappa shape index (κ3) is 8.07. The first-order valence-electron chi connectivity index (χ1n) is 20.9. The maximum Gasteiger partial charge on any atom is 0.337 e. The smallest absolute Gasteiger partial charge is 0.337 e. The number of hydrogen-bond donors (Lipinski definition) is 0. The lowest BCUT2D eigenvalue weighted by Gasteiger charge is -2.27. The third-order valence-corrected chi connectivity index (χ3v) is 12.3. The Balaban J connectivity index is 1.09. The molecule has 0 bridgehead atoms. The highest BCUT2D eigenvalue weighted by Crippen LogP contribution is 2.35. The van der Waals surface area contributed by atoms with Crippen LogP contribution in [0.15, 0.2) is 128 Å². The summed E-state index contributed by atoms with van der Waals surface area (Å²) in [6.07, 6.45) is 4.45. The molecular formula is C54H52N2O4. The topological polar surface area (TPSA) is 66.9 Å². The zero-order valence-corrected chi connectivity index (χ0v) is 35.5. The van der Waals surface area contributed by atoms with E-state index >= 15 is 0 Å². The van der Waals surface area contributed by atoms with Crippen LogP contribution in [0.5, 0.6) is 0 Å². The monoisotopic (exact) mass is 792 g/mol. The molecule has 2 aliphatic rings. The summed E-state index contributed by atoms with van der Waals surface area (Å²) in [4.78, 5) is 46.2. The molecule has 2 aliphatic heterocycles. The largest absolute Gasteiger partial charge is 0.465 e. The lowest BCUT2D eigenvalue weighted by molar-refractivity contribution is 0.0600. The number of aryl methyl sites for hydroxylation is 5. The average molecular weight is 793 g/mol. The van der Waals surface area contributed by atoms with Crippen LogP contribution in [0, 0.1) is 34.6 Å². The summed E-state index contributed by atoms with van der Waals surface area (Å²) in [5, 5.41) is 0. The van der Waals surface area contributed by atoms with Crippen molar-refractivity contribution in [2.45, 2.75) is 59.8 Å². The van der Waals surface area contributed by atoms with Gasteiger partial charge in [0.2, 0.25) is 0 Å². The maximum absolute atomic E-state index is 14.8. The first kappa shape index (κ1) is 40.3. The molecule has 0 N–H and O–H groups in total. The van der Waals surface area contributed by atoms with E-state index in [4.69, 9.17) is 4.74 Å². The van der Waals surface area contributed by atoms with E-state index < -0.39 is 0 Å². The van der Waals surface area contributed by atoms with Crippen molar-refractivity contribution in [2.75, 3.05) is 36.5 Å². The van der Waals surface area contributed by atoms with Crippen molar-refractivity contribution in [3.05, 3.63) is 205 Å². The van der Waals surface area contributed by atoms with Crippen molar-refractivity contribution in [2.24, 2.45) is 0 Å². The summed E-state index contributed by atoms with van der Waals surface area (Å²) in [5.74, 6) is -0.608. The number of nitrogens with zero attached hydrogens (tertiary/aromatic N) is 2. The van der Waals surface area contributed by atoms with E-state index in [1.54, 1.807) is 6.07 Å². The van der Waals surface area contributed by atoms with Crippen molar-refractivity contribution < 1.29 is 19.1 Å². The zero-order valence-electron chi connectivity index (χ0n) is 35.5. The quantitative estimate of drug-likeness (QED) is 0.0698. The van der Waals surface area contributed by atoms with Crippen LogP contribution < -0.4 is 9.80 Å². The van der Waals surface area contributed by atoms with E-state index in [9.17, 15) is 14.4 Å². The number of rotatable bonds is 12. The van der Waals surface area contributed by atoms with Crippen LogP contribution in [0.4, 0.5) is 11.4 Å². The number of allylic oxidation sites excluding steroid dienone is 1. The minimum atomic E-state index is -0.386. The molecule has 0 saturated carbocycles. The average Bonchev–Trinajstić information content (AvgIpc) is 3.84. The number of ether oxygens (including phenoxy) is 1. The van der Waals surface area contributed by atoms with Gasteiger partial charge in [-0.1, -0.05) is 103 Å². The van der Waals surface area contributed by atoms with E-state index in [0.29, 0.717) is 24.1 Å². The fourth-order valence-electron chi connectivity index (χ4n) is 9.54. The van der Waals surface area contributed by atoms with Crippen LogP contribution in [0.1, 0.15) is 98.2 Å². The molecule has 8 rings (SSSR count). The minimum absolute atomic E-state index is 0.0254. The number of carbonyl (C=O) groups excluding carboxylic acids is 3. The van der Waals surface area contributed by atoms with Crippen LogP contribution in [0.3, 0.4) is 0 Å². The number of methoxy groups -OCH3 is 1. The number of ketones is 2. The van der Waals surface area contributed by atoms with Crippen molar-refractivity contribution in [3.8, 4) is 0 Å². The van der Waals surface area contributed by atoms with E-state index in [1.165, 1.54) is 12.7 Å². The molecule has 60 heavy (non-hydrogen) atoms. The van der Waals surface area contributed by atoms with Gasteiger partial charge in [0, 0.05) is 53.9 Å². The van der Waals surface area contributed by atoms with Crippen molar-refractivity contribution >= 4 is 34.5 Å². The zero-order chi connectivity index (χ0) is 42.1. The number of esters is 1. The van der Waals surface area contributed by atoms with Crippen LogP contribution >= 0.6 is 0 Å². The summed E-state index contributed by atoms with van der Waals surface area (Å²) in [7, 11) is 1.40. The fraction of sp³-hybridized carbons (Fsp3) is 0.241. The Morgan fingerprint density at radius 2 is 1.32 bits per heavy atom. The van der Waals surface area contributed by atoms with Crippen molar-refractivity contribution in [3.63, 3.8) is 0 Å². The van der Waals surface area contributed by atoms with Gasteiger partial charge >= 0.3 is 5.97 Å². The first-order chi connectivity index (χ1) is 29.0. The molecule has 0 radical (unpaired) electrons. The Hall–Kier alpha value is -6.53. The number of Topliss-reactive ketones (excluding diaryl/α,β-unsaturated/α-hetero) is 2. The molecular weight excluding hydrogens is 741 g/mol. The van der Waals surface area contributed by atoms with Gasteiger partial charge in [-0.15, -0.1) is 0 Å². The summed E-state index contributed by atoms with van der Waals surface area (Å²) >= 11 is 0. The van der Waals surface area contributed by atoms with Gasteiger partial charge in [-0.25, -0.2) is 4.79 Å². The Morgan fingerprint density at radius 1 is 0.633 bits per heavy atom. The predicted molar refractivity (Wildman–Crippen MR) is 243 cm³/mol. The summed E-state index contributed by atoms with van der Waals surface area (Å²) in [6, 6.07) is 41.0. The van der Waals surface area contributed by atoms with E-state index in [1.807, 2.05) is 82.3 Å². The predicted octanol–water partition coefficient (Wildman–Crippen LogP) is 10.9. The van der Waals surface area contributed by atoms with Crippen LogP contribution in [-0.4, -0.2) is 44.3 Å². The second-order valence-corrected chi connectivity index (χ2v) is 16.6. The van der Waals surface area contributed by atoms with Gasteiger partial charge in [0.25, 0.3) is 0 Å². The molecule has 1 unspecified atom stereocenters. The van der Waals surface area contributed by atoms with E-state index in [2.05, 4.69) is 83.6 Å². The molecule has 6 aromatic rings. The second-order valence-electron chi connectivity index (χ2n) is 16.6. The van der Waals surface area contributed by atoms with Crippen LogP contribution in [0.25, 0.3) is 5.57 Å². The third-order valence-electron chi connectivity index (χ3n) is 12.3. The molecule has 0 aromatic heterocycles. The number of fused-ring (bicyclic) bond motifs is 2. The molecule has 1 atom stereocenters. The summed E-state index contributed by atoms with van der Waals surface area (Å²) < 4.78 is 4.96. The second kappa shape index (κ2) is 17.0. The maximum atomic E-state index is 14.8. The fourth-order valence-corrected chi connectivity index (χ4v) is 9.54. The number of anilines is 2. The molecule has 2 heterocycles. The molecule has 302 valence electrons. The minimum Gasteiger partial charge on any atom is -0.465 e. The normalized spacial score (nSPS) is 13.9. The molecule has 0 aliphatic carbocycles. The number of para-hydroxylation sites is 1. The van der Waals surface area contributed by atoms with E-state index in [-0.39, 0.29) is 23.5 Å².